The highest BCUT2D eigenvalue weighted by molar-refractivity contribution is 6.08. The van der Waals surface area contributed by atoms with Crippen LogP contribution in [0, 0.1) is 0 Å². The summed E-state index contributed by atoms with van der Waals surface area (Å²) in [6.45, 7) is 5.21. The number of carbonyl (C=O) groups is 7. The minimum atomic E-state index is -1.18. The number of anilines is 1. The third-order valence-electron chi connectivity index (χ3n) is 14.0. The number of carbonyl (C=O) groups excluding carboxylic acids is 7. The van der Waals surface area contributed by atoms with Crippen molar-refractivity contribution >= 4 is 58.3 Å². The van der Waals surface area contributed by atoms with E-state index in [1.165, 1.54) is 9.47 Å². The number of fused-ring (bicyclic) bond motifs is 1. The highest BCUT2D eigenvalue weighted by Crippen LogP contribution is 2.41. The van der Waals surface area contributed by atoms with Gasteiger partial charge in [-0.3, -0.25) is 48.1 Å². The molecule has 7 amide bonds. The molecule has 1 aromatic heterocycles. The first kappa shape index (κ1) is 51.8. The molecule has 3 aliphatic heterocycles. The topological polar surface area (TPSA) is 233 Å². The van der Waals surface area contributed by atoms with Gasteiger partial charge in [-0.05, 0) is 118 Å². The van der Waals surface area contributed by atoms with E-state index in [1.807, 2.05) is 78.9 Å². The van der Waals surface area contributed by atoms with E-state index in [-0.39, 0.29) is 50.1 Å². The van der Waals surface area contributed by atoms with Crippen LogP contribution in [-0.4, -0.2) is 74.4 Å². The number of primary amides is 1. The summed E-state index contributed by atoms with van der Waals surface area (Å²) in [4.78, 5) is 108. The third kappa shape index (κ3) is 12.2. The van der Waals surface area contributed by atoms with E-state index in [4.69, 9.17) is 10.5 Å². The van der Waals surface area contributed by atoms with E-state index in [0.29, 0.717) is 17.6 Å². The Labute approximate surface area is 424 Å². The predicted molar refractivity (Wildman–Crippen MR) is 275 cm³/mol. The van der Waals surface area contributed by atoms with E-state index in [2.05, 4.69) is 33.4 Å². The van der Waals surface area contributed by atoms with Crippen LogP contribution in [0.3, 0.4) is 0 Å². The number of aryl methyl sites for hydroxylation is 4. The first-order chi connectivity index (χ1) is 34.9. The molecule has 0 spiro atoms. The Bertz CT molecular complexity index is 2920. The summed E-state index contributed by atoms with van der Waals surface area (Å²) < 4.78 is 8.59. The lowest BCUT2D eigenvalue weighted by molar-refractivity contribution is -0.136. The van der Waals surface area contributed by atoms with Gasteiger partial charge in [-0.15, -0.1) is 0 Å². The highest BCUT2D eigenvalue weighted by Gasteiger charge is 2.45. The number of nitrogens with one attached hydrogen (secondary N) is 4. The first-order valence-electron chi connectivity index (χ1n) is 25.5. The molecule has 8 rings (SSSR count). The standard InChI is InChI=1S/C56H66N8O9/c1-56(2,3)73-54(71)59-41-24-23-38-30-35(17-11-7-5-6-10-16-34-22-26-42-44(32-34)62(4)55(72)63(42)43-27-29-47(66)60-51(43)68)31-39-33-45(64(49(38)39)53(41)70)52(69)58-40(25-28-46(57)65)50(67)61-48(36-18-12-8-13-19-36)37-20-14-9-15-21-37/h8-9,12-15,18-22,26,30-32,40-41,43,45,48H,5-7,10-11,16-17,23-25,27-29,33H2,1-4H3,(H2,57,65)(H,58,69)(H,59,71)(H,61,67)(H,60,66,68)/t40-,41-,43?,45-/m0/s1. The lowest BCUT2D eigenvalue weighted by atomic mass is 9.95. The Morgan fingerprint density at radius 3 is 2.05 bits per heavy atom. The minimum absolute atomic E-state index is 0.0735. The second kappa shape index (κ2) is 22.5. The van der Waals surface area contributed by atoms with Crippen molar-refractivity contribution in [3.63, 3.8) is 0 Å². The number of imide groups is 1. The molecule has 3 aliphatic rings. The van der Waals surface area contributed by atoms with Crippen molar-refractivity contribution in [3.05, 3.63) is 135 Å². The molecule has 0 aliphatic carbocycles. The second-order valence-electron chi connectivity index (χ2n) is 20.5. The zero-order valence-electron chi connectivity index (χ0n) is 42.0. The van der Waals surface area contributed by atoms with Crippen LogP contribution in [0.15, 0.2) is 95.8 Å². The molecule has 0 bridgehead atoms. The number of hydrogen-bond donors (Lipinski definition) is 5. The number of ether oxygens (including phenoxy) is 1. The number of rotatable bonds is 19. The molecule has 5 aromatic rings. The van der Waals surface area contributed by atoms with Crippen LogP contribution in [-0.2, 0) is 66.2 Å². The van der Waals surface area contributed by atoms with Gasteiger partial charge < -0.3 is 26.4 Å². The number of nitrogens with zero attached hydrogens (tertiary/aromatic N) is 3. The molecule has 4 heterocycles. The second-order valence-corrected chi connectivity index (χ2v) is 20.5. The normalized spacial score (nSPS) is 18.0. The van der Waals surface area contributed by atoms with Crippen LogP contribution in [0.25, 0.3) is 11.0 Å². The average molecular weight is 995 g/mol. The Hall–Kier alpha value is -7.56. The van der Waals surface area contributed by atoms with E-state index in [9.17, 15) is 38.4 Å². The summed E-state index contributed by atoms with van der Waals surface area (Å²) in [5.74, 6) is -2.98. The van der Waals surface area contributed by atoms with Gasteiger partial charge in [-0.25, -0.2) is 9.59 Å². The lowest BCUT2D eigenvalue weighted by Crippen LogP contribution is -2.57. The van der Waals surface area contributed by atoms with E-state index in [1.54, 1.807) is 32.4 Å². The van der Waals surface area contributed by atoms with Crippen LogP contribution in [0.2, 0.25) is 0 Å². The van der Waals surface area contributed by atoms with Gasteiger partial charge in [0.05, 0.1) is 22.8 Å². The van der Waals surface area contributed by atoms with Gasteiger partial charge in [-0.2, -0.15) is 0 Å². The van der Waals surface area contributed by atoms with Crippen LogP contribution in [0.5, 0.6) is 0 Å². The highest BCUT2D eigenvalue weighted by atomic mass is 16.6. The van der Waals surface area contributed by atoms with Crippen molar-refractivity contribution in [1.82, 2.24) is 30.4 Å². The molecule has 0 radical (unpaired) electrons. The molecule has 1 fully saturated rings. The Morgan fingerprint density at radius 2 is 1.41 bits per heavy atom. The van der Waals surface area contributed by atoms with Crippen LogP contribution in [0.4, 0.5) is 10.5 Å². The molecular formula is C56H66N8O9. The van der Waals surface area contributed by atoms with Crippen molar-refractivity contribution in [3.8, 4) is 0 Å². The number of piperidine rings is 1. The Morgan fingerprint density at radius 1 is 0.767 bits per heavy atom. The van der Waals surface area contributed by atoms with Crippen molar-refractivity contribution < 1.29 is 38.3 Å². The summed E-state index contributed by atoms with van der Waals surface area (Å²) in [6, 6.07) is 24.4. The summed E-state index contributed by atoms with van der Waals surface area (Å²) in [5.41, 5.74) is 12.1. The predicted octanol–water partition coefficient (Wildman–Crippen LogP) is 5.81. The molecule has 4 aromatic carbocycles. The molecule has 17 nitrogen and oxygen atoms in total. The average Bonchev–Trinajstić information content (AvgIpc) is 3.81. The van der Waals surface area contributed by atoms with Gasteiger partial charge in [0.15, 0.2) is 0 Å². The largest absolute Gasteiger partial charge is 0.444 e. The van der Waals surface area contributed by atoms with Gasteiger partial charge in [0.2, 0.25) is 35.4 Å². The monoisotopic (exact) mass is 994 g/mol. The quantitative estimate of drug-likeness (QED) is 0.0496. The number of imidazole rings is 1. The van der Waals surface area contributed by atoms with Crippen molar-refractivity contribution in [2.45, 2.75) is 146 Å². The van der Waals surface area contributed by atoms with Crippen molar-refractivity contribution in [2.75, 3.05) is 4.90 Å². The van der Waals surface area contributed by atoms with Gasteiger partial charge in [0, 0.05) is 26.3 Å². The fourth-order valence-corrected chi connectivity index (χ4v) is 10.4. The minimum Gasteiger partial charge on any atom is -0.444 e. The number of alkyl carbamates (subject to hydrolysis) is 1. The molecule has 4 atom stereocenters. The number of nitrogens with two attached hydrogens (primary N) is 1. The first-order valence-corrected chi connectivity index (χ1v) is 25.5. The molecule has 73 heavy (non-hydrogen) atoms. The molecular weight excluding hydrogens is 929 g/mol. The maximum Gasteiger partial charge on any atom is 0.408 e. The number of amides is 7. The molecule has 6 N–H and O–H groups in total. The zero-order chi connectivity index (χ0) is 52.0. The maximum atomic E-state index is 14.7. The smallest absolute Gasteiger partial charge is 0.408 e. The Kier molecular flexibility index (Phi) is 15.9. The van der Waals surface area contributed by atoms with Gasteiger partial charge in [-0.1, -0.05) is 98.1 Å². The van der Waals surface area contributed by atoms with Crippen molar-refractivity contribution in [2.24, 2.45) is 12.8 Å². The number of unbranched alkanes of at least 4 members (excludes halogenated alkanes) is 4. The lowest BCUT2D eigenvalue weighted by Gasteiger charge is -2.30. The van der Waals surface area contributed by atoms with Gasteiger partial charge in [0.1, 0.15) is 29.8 Å². The van der Waals surface area contributed by atoms with Crippen molar-refractivity contribution in [1.29, 1.82) is 0 Å². The van der Waals surface area contributed by atoms with Gasteiger partial charge in [0.25, 0.3) is 0 Å². The molecule has 17 heteroatoms. The van der Waals surface area contributed by atoms with E-state index >= 15 is 0 Å². The molecule has 384 valence electrons. The van der Waals surface area contributed by atoms with Gasteiger partial charge >= 0.3 is 11.8 Å². The number of hydrogen-bond acceptors (Lipinski definition) is 9. The van der Waals surface area contributed by atoms with Crippen LogP contribution in [0.1, 0.15) is 130 Å². The number of benzene rings is 4. The molecule has 0 saturated carbocycles. The summed E-state index contributed by atoms with van der Waals surface area (Å²) >= 11 is 0. The Balaban J connectivity index is 0.939. The third-order valence-corrected chi connectivity index (χ3v) is 14.0. The SMILES string of the molecule is Cn1c(=O)n(C2CCC(=O)NC2=O)c2ccc(CCCCCCCc3cc4c5c(c3)C[C@@H](C(=O)N[C@@H](CCC(N)=O)C(=O)NC(c3ccccc3)c3ccccc3)N5C(=O)[C@@H](NC(=O)OC(C)(C)C)CC4)cc21. The van der Waals surface area contributed by atoms with Crippen LogP contribution >= 0.6 is 0 Å². The van der Waals surface area contributed by atoms with Crippen LogP contribution < -0.4 is 37.6 Å². The molecule has 1 saturated heterocycles. The van der Waals surface area contributed by atoms with E-state index < -0.39 is 71.4 Å². The van der Waals surface area contributed by atoms with E-state index in [0.717, 1.165) is 83.8 Å². The zero-order valence-corrected chi connectivity index (χ0v) is 42.0. The summed E-state index contributed by atoms with van der Waals surface area (Å²) in [5, 5.41) is 11.1. The number of aromatic nitrogens is 2. The maximum absolute atomic E-state index is 14.7. The molecule has 1 unspecified atom stereocenters. The fraction of sp³-hybridized carbons (Fsp3) is 0.429. The summed E-state index contributed by atoms with van der Waals surface area (Å²) in [6.07, 6.45) is 6.85. The summed E-state index contributed by atoms with van der Waals surface area (Å²) in [7, 11) is 1.70. The fourth-order valence-electron chi connectivity index (χ4n) is 10.4.